The van der Waals surface area contributed by atoms with E-state index >= 15 is 0 Å². The number of methoxy groups -OCH3 is 1. The van der Waals surface area contributed by atoms with Crippen LogP contribution in [0.3, 0.4) is 0 Å². The number of rotatable bonds is 11. The van der Waals surface area contributed by atoms with Gasteiger partial charge in [0.05, 0.1) is 22.2 Å². The average molecular weight is 691 g/mol. The van der Waals surface area contributed by atoms with Crippen molar-refractivity contribution in [2.45, 2.75) is 69.5 Å². The fraction of sp³-hybridized carbons (Fsp3) is 0.375. The van der Waals surface area contributed by atoms with Gasteiger partial charge in [-0.2, -0.15) is 0 Å². The van der Waals surface area contributed by atoms with Gasteiger partial charge >= 0.3 is 0 Å². The Bertz CT molecular complexity index is 1540. The fourth-order valence-corrected chi connectivity index (χ4v) is 7.50. The summed E-state index contributed by atoms with van der Waals surface area (Å²) in [5.74, 6) is -0.323. The first-order chi connectivity index (χ1) is 20.5. The monoisotopic (exact) mass is 689 g/mol. The lowest BCUT2D eigenvalue weighted by Gasteiger charge is -2.33. The van der Waals surface area contributed by atoms with Crippen LogP contribution in [0, 0.1) is 6.92 Å². The van der Waals surface area contributed by atoms with E-state index in [1.54, 1.807) is 55.5 Å². The molecular weight excluding hydrogens is 654 g/mol. The van der Waals surface area contributed by atoms with Crippen LogP contribution in [0.4, 0.5) is 5.69 Å². The zero-order valence-corrected chi connectivity index (χ0v) is 27.7. The number of hydrogen-bond donors (Lipinski definition) is 1. The number of anilines is 1. The topological polar surface area (TPSA) is 96.0 Å². The zero-order chi connectivity index (χ0) is 31.1. The molecule has 0 radical (unpaired) electrons. The second kappa shape index (κ2) is 14.6. The number of carbonyl (C=O) groups is 2. The Hall–Kier alpha value is -3.08. The molecule has 3 aromatic carbocycles. The molecule has 0 aromatic heterocycles. The summed E-state index contributed by atoms with van der Waals surface area (Å²) in [5.41, 5.74) is 1.99. The van der Waals surface area contributed by atoms with E-state index in [0.717, 1.165) is 47.5 Å². The fourth-order valence-electron chi connectivity index (χ4n) is 5.16. The smallest absolute Gasteiger partial charge is 0.264 e. The minimum absolute atomic E-state index is 0.0157. The van der Waals surface area contributed by atoms with E-state index < -0.39 is 28.5 Å². The molecule has 3 aromatic rings. The Morgan fingerprint density at radius 3 is 2.37 bits per heavy atom. The lowest BCUT2D eigenvalue weighted by Crippen LogP contribution is -2.53. The number of amides is 2. The molecule has 0 heterocycles. The normalized spacial score (nSPS) is 14.5. The highest BCUT2D eigenvalue weighted by atomic mass is 79.9. The Kier molecular flexibility index (Phi) is 11.1. The molecule has 4 rings (SSSR count). The predicted molar refractivity (Wildman–Crippen MR) is 173 cm³/mol. The quantitative estimate of drug-likeness (QED) is 0.249. The van der Waals surface area contributed by atoms with Crippen LogP contribution in [0.2, 0.25) is 5.02 Å². The number of nitrogens with zero attached hydrogens (tertiary/aromatic N) is 2. The Morgan fingerprint density at radius 2 is 1.74 bits per heavy atom. The molecule has 1 unspecified atom stereocenters. The van der Waals surface area contributed by atoms with Gasteiger partial charge in [0.15, 0.2) is 0 Å². The predicted octanol–water partition coefficient (Wildman–Crippen LogP) is 6.48. The standard InChI is InChI=1S/C32H37BrClN3O5S/c1-22-12-14-27(15-13-22)37(43(40,41)28-16-17-30(42-3)29(33)19-28)21-31(38)36(20-24-8-7-9-25(34)18-24)23(2)32(39)35-26-10-5-4-6-11-26/h7-9,12-19,23,26H,4-6,10-11,20-21H2,1-3H3,(H,35,39). The van der Waals surface area contributed by atoms with Crippen molar-refractivity contribution in [2.75, 3.05) is 18.0 Å². The first kappa shape index (κ1) is 32.8. The molecule has 43 heavy (non-hydrogen) atoms. The minimum Gasteiger partial charge on any atom is -0.496 e. The van der Waals surface area contributed by atoms with E-state index in [9.17, 15) is 18.0 Å². The van der Waals surface area contributed by atoms with Crippen molar-refractivity contribution in [3.8, 4) is 5.75 Å². The molecule has 1 aliphatic carbocycles. The summed E-state index contributed by atoms with van der Waals surface area (Å²) in [5, 5.41) is 3.61. The van der Waals surface area contributed by atoms with Crippen LogP contribution >= 0.6 is 27.5 Å². The number of nitrogens with one attached hydrogen (secondary N) is 1. The first-order valence-corrected chi connectivity index (χ1v) is 16.9. The van der Waals surface area contributed by atoms with Crippen molar-refractivity contribution in [1.82, 2.24) is 10.2 Å². The molecule has 0 saturated heterocycles. The third-order valence-corrected chi connectivity index (χ3v) is 10.3. The molecule has 1 atom stereocenters. The van der Waals surface area contributed by atoms with Crippen molar-refractivity contribution in [2.24, 2.45) is 0 Å². The summed E-state index contributed by atoms with van der Waals surface area (Å²) in [4.78, 5) is 29.0. The number of aryl methyl sites for hydroxylation is 1. The summed E-state index contributed by atoms with van der Waals surface area (Å²) in [6.07, 6.45) is 5.05. The zero-order valence-electron chi connectivity index (χ0n) is 24.6. The number of carbonyl (C=O) groups excluding carboxylic acids is 2. The van der Waals surface area contributed by atoms with Gasteiger partial charge in [-0.15, -0.1) is 0 Å². The van der Waals surface area contributed by atoms with Gasteiger partial charge in [-0.05, 0) is 90.6 Å². The summed E-state index contributed by atoms with van der Waals surface area (Å²) in [7, 11) is -2.72. The molecular formula is C32H37BrClN3O5S. The van der Waals surface area contributed by atoms with Crippen LogP contribution in [0.1, 0.15) is 50.2 Å². The summed E-state index contributed by atoms with van der Waals surface area (Å²) >= 11 is 9.60. The van der Waals surface area contributed by atoms with Crippen LogP contribution in [0.25, 0.3) is 0 Å². The number of sulfonamides is 1. The van der Waals surface area contributed by atoms with Gasteiger partial charge in [0.25, 0.3) is 10.0 Å². The van der Waals surface area contributed by atoms with E-state index in [0.29, 0.717) is 20.9 Å². The molecule has 11 heteroatoms. The number of ether oxygens (including phenoxy) is 1. The second-order valence-corrected chi connectivity index (χ2v) is 14.0. The average Bonchev–Trinajstić information content (AvgIpc) is 2.99. The SMILES string of the molecule is COc1ccc(S(=O)(=O)N(CC(=O)N(Cc2cccc(Cl)c2)C(C)C(=O)NC2CCCCC2)c2ccc(C)cc2)cc1Br. The van der Waals surface area contributed by atoms with E-state index in [-0.39, 0.29) is 23.4 Å². The molecule has 0 aliphatic heterocycles. The molecule has 1 saturated carbocycles. The van der Waals surface area contributed by atoms with E-state index in [2.05, 4.69) is 21.2 Å². The van der Waals surface area contributed by atoms with Crippen molar-refractivity contribution in [1.29, 1.82) is 0 Å². The second-order valence-electron chi connectivity index (χ2n) is 10.8. The molecule has 0 spiro atoms. The van der Waals surface area contributed by atoms with Crippen LogP contribution in [-0.4, -0.2) is 50.9 Å². The van der Waals surface area contributed by atoms with E-state index in [1.165, 1.54) is 24.1 Å². The van der Waals surface area contributed by atoms with Gasteiger partial charge in [-0.25, -0.2) is 8.42 Å². The van der Waals surface area contributed by atoms with Crippen LogP contribution in [0.5, 0.6) is 5.75 Å². The Balaban J connectivity index is 1.69. The van der Waals surface area contributed by atoms with E-state index in [4.69, 9.17) is 16.3 Å². The molecule has 1 fully saturated rings. The Morgan fingerprint density at radius 1 is 1.05 bits per heavy atom. The van der Waals surface area contributed by atoms with Gasteiger partial charge in [0.1, 0.15) is 18.3 Å². The lowest BCUT2D eigenvalue weighted by molar-refractivity contribution is -0.139. The van der Waals surface area contributed by atoms with E-state index in [1.807, 2.05) is 13.0 Å². The van der Waals surface area contributed by atoms with Crippen LogP contribution in [0.15, 0.2) is 76.1 Å². The molecule has 1 N–H and O–H groups in total. The number of benzene rings is 3. The molecule has 1 aliphatic rings. The van der Waals surface area contributed by atoms with Gasteiger partial charge in [-0.3, -0.25) is 13.9 Å². The summed E-state index contributed by atoms with van der Waals surface area (Å²) in [6.45, 7) is 3.13. The molecule has 0 bridgehead atoms. The Labute approximate surface area is 267 Å². The third kappa shape index (κ3) is 8.31. The first-order valence-electron chi connectivity index (χ1n) is 14.3. The maximum atomic E-state index is 14.1. The van der Waals surface area contributed by atoms with Crippen LogP contribution < -0.4 is 14.4 Å². The maximum absolute atomic E-state index is 14.1. The number of hydrogen-bond acceptors (Lipinski definition) is 5. The van der Waals surface area contributed by atoms with Gasteiger partial charge < -0.3 is 15.0 Å². The molecule has 2 amide bonds. The van der Waals surface area contributed by atoms with Gasteiger partial charge in [-0.1, -0.05) is 60.7 Å². The van der Waals surface area contributed by atoms with Crippen LogP contribution in [-0.2, 0) is 26.2 Å². The van der Waals surface area contributed by atoms with Crippen molar-refractivity contribution < 1.29 is 22.7 Å². The third-order valence-electron chi connectivity index (χ3n) is 7.67. The van der Waals surface area contributed by atoms with Crippen molar-refractivity contribution in [3.63, 3.8) is 0 Å². The van der Waals surface area contributed by atoms with Crippen molar-refractivity contribution in [3.05, 3.63) is 87.4 Å². The summed E-state index contributed by atoms with van der Waals surface area (Å²) < 4.78 is 35.0. The van der Waals surface area contributed by atoms with Gasteiger partial charge in [0.2, 0.25) is 11.8 Å². The highest BCUT2D eigenvalue weighted by Gasteiger charge is 2.33. The van der Waals surface area contributed by atoms with Gasteiger partial charge in [0, 0.05) is 17.6 Å². The largest absolute Gasteiger partial charge is 0.496 e. The highest BCUT2D eigenvalue weighted by molar-refractivity contribution is 9.10. The summed E-state index contributed by atoms with van der Waals surface area (Å²) in [6, 6.07) is 17.6. The molecule has 230 valence electrons. The molecule has 8 nitrogen and oxygen atoms in total. The maximum Gasteiger partial charge on any atom is 0.264 e. The minimum atomic E-state index is -4.21. The van der Waals surface area contributed by atoms with Crippen molar-refractivity contribution >= 4 is 55.1 Å². The highest BCUT2D eigenvalue weighted by Crippen LogP contribution is 2.31. The lowest BCUT2D eigenvalue weighted by atomic mass is 9.95. The number of halogens is 2.